The normalized spacial score (nSPS) is 24.0. The molecule has 0 bridgehead atoms. The van der Waals surface area contributed by atoms with E-state index in [0.29, 0.717) is 19.1 Å². The molecule has 4 nitrogen and oxygen atoms in total. The van der Waals surface area contributed by atoms with Gasteiger partial charge in [-0.15, -0.1) is 0 Å². The van der Waals surface area contributed by atoms with Gasteiger partial charge in [-0.25, -0.2) is 0 Å². The standard InChI is InChI=1S/C17H24N2O2/c20-17(16-13-21-11-8-18-16)19-9-6-15(7-10-19)12-14-4-2-1-3-5-14/h1-5,15-16,18H,6-13H2. The number of benzene rings is 1. The van der Waals surface area contributed by atoms with Gasteiger partial charge in [0.25, 0.3) is 0 Å². The fourth-order valence-corrected chi connectivity index (χ4v) is 3.25. The van der Waals surface area contributed by atoms with E-state index in [1.807, 2.05) is 4.90 Å². The van der Waals surface area contributed by atoms with E-state index in [1.165, 1.54) is 5.56 Å². The first-order valence-electron chi connectivity index (χ1n) is 7.97. The Balaban J connectivity index is 1.47. The van der Waals surface area contributed by atoms with Gasteiger partial charge in [0.1, 0.15) is 6.04 Å². The lowest BCUT2D eigenvalue weighted by Gasteiger charge is -2.35. The van der Waals surface area contributed by atoms with E-state index >= 15 is 0 Å². The molecule has 0 radical (unpaired) electrons. The summed E-state index contributed by atoms with van der Waals surface area (Å²) in [5.74, 6) is 0.917. The maximum absolute atomic E-state index is 12.4. The highest BCUT2D eigenvalue weighted by Crippen LogP contribution is 2.22. The minimum Gasteiger partial charge on any atom is -0.378 e. The van der Waals surface area contributed by atoms with Crippen molar-refractivity contribution in [3.05, 3.63) is 35.9 Å². The summed E-state index contributed by atoms with van der Waals surface area (Å²) in [6, 6.07) is 10.5. The van der Waals surface area contributed by atoms with Crippen LogP contribution in [0.4, 0.5) is 0 Å². The largest absolute Gasteiger partial charge is 0.378 e. The summed E-state index contributed by atoms with van der Waals surface area (Å²) in [5.41, 5.74) is 1.41. The highest BCUT2D eigenvalue weighted by molar-refractivity contribution is 5.82. The number of amides is 1. The Morgan fingerprint density at radius 2 is 2.00 bits per heavy atom. The second-order valence-corrected chi connectivity index (χ2v) is 6.04. The summed E-state index contributed by atoms with van der Waals surface area (Å²) in [4.78, 5) is 14.4. The van der Waals surface area contributed by atoms with Crippen LogP contribution in [-0.2, 0) is 16.0 Å². The summed E-state index contributed by atoms with van der Waals surface area (Å²) < 4.78 is 5.38. The summed E-state index contributed by atoms with van der Waals surface area (Å²) in [7, 11) is 0. The molecule has 21 heavy (non-hydrogen) atoms. The first-order valence-corrected chi connectivity index (χ1v) is 7.97. The van der Waals surface area contributed by atoms with E-state index in [0.717, 1.165) is 38.9 Å². The summed E-state index contributed by atoms with van der Waals surface area (Å²) >= 11 is 0. The van der Waals surface area contributed by atoms with Crippen LogP contribution in [0.2, 0.25) is 0 Å². The zero-order valence-electron chi connectivity index (χ0n) is 12.5. The predicted molar refractivity (Wildman–Crippen MR) is 82.1 cm³/mol. The third-order valence-corrected chi connectivity index (χ3v) is 4.51. The number of carbonyl (C=O) groups excluding carboxylic acids is 1. The van der Waals surface area contributed by atoms with Gasteiger partial charge in [0.05, 0.1) is 13.2 Å². The van der Waals surface area contributed by atoms with Gasteiger partial charge >= 0.3 is 0 Å². The zero-order chi connectivity index (χ0) is 14.5. The lowest BCUT2D eigenvalue weighted by atomic mass is 9.90. The number of nitrogens with zero attached hydrogens (tertiary/aromatic N) is 1. The van der Waals surface area contributed by atoms with Gasteiger partial charge in [-0.1, -0.05) is 30.3 Å². The minimum atomic E-state index is -0.135. The van der Waals surface area contributed by atoms with Gasteiger partial charge in [0.2, 0.25) is 5.91 Å². The number of likely N-dealkylation sites (tertiary alicyclic amines) is 1. The zero-order valence-corrected chi connectivity index (χ0v) is 12.5. The quantitative estimate of drug-likeness (QED) is 0.915. The van der Waals surface area contributed by atoms with Gasteiger partial charge in [0.15, 0.2) is 0 Å². The lowest BCUT2D eigenvalue weighted by Crippen LogP contribution is -2.54. The van der Waals surface area contributed by atoms with E-state index in [9.17, 15) is 4.79 Å². The van der Waals surface area contributed by atoms with Crippen LogP contribution in [0.3, 0.4) is 0 Å². The van der Waals surface area contributed by atoms with Crippen molar-refractivity contribution in [2.75, 3.05) is 32.8 Å². The third-order valence-electron chi connectivity index (χ3n) is 4.51. The van der Waals surface area contributed by atoms with E-state index < -0.39 is 0 Å². The molecule has 0 saturated carbocycles. The third kappa shape index (κ3) is 3.83. The molecule has 1 aromatic carbocycles. The molecule has 114 valence electrons. The van der Waals surface area contributed by atoms with Crippen molar-refractivity contribution < 1.29 is 9.53 Å². The highest BCUT2D eigenvalue weighted by atomic mass is 16.5. The summed E-state index contributed by atoms with van der Waals surface area (Å²) in [6.07, 6.45) is 3.34. The van der Waals surface area contributed by atoms with Crippen LogP contribution < -0.4 is 5.32 Å². The Morgan fingerprint density at radius 3 is 2.67 bits per heavy atom. The topological polar surface area (TPSA) is 41.6 Å². The van der Waals surface area contributed by atoms with Gasteiger partial charge in [-0.05, 0) is 30.7 Å². The number of rotatable bonds is 3. The Hall–Kier alpha value is -1.39. The lowest BCUT2D eigenvalue weighted by molar-refractivity contribution is -0.137. The van der Waals surface area contributed by atoms with E-state index in [1.54, 1.807) is 0 Å². The van der Waals surface area contributed by atoms with Crippen molar-refractivity contribution in [3.63, 3.8) is 0 Å². The molecule has 0 spiro atoms. The Bertz CT molecular complexity index is 449. The van der Waals surface area contributed by atoms with Gasteiger partial charge in [0, 0.05) is 19.6 Å². The molecule has 1 N–H and O–H groups in total. The summed E-state index contributed by atoms with van der Waals surface area (Å²) in [5, 5.41) is 3.25. The van der Waals surface area contributed by atoms with Gasteiger partial charge in [-0.2, -0.15) is 0 Å². The van der Waals surface area contributed by atoms with E-state index in [-0.39, 0.29) is 11.9 Å². The SMILES string of the molecule is O=C(C1COCCN1)N1CCC(Cc2ccccc2)CC1. The average molecular weight is 288 g/mol. The van der Waals surface area contributed by atoms with E-state index in [4.69, 9.17) is 4.74 Å². The number of ether oxygens (including phenoxy) is 1. The number of hydrogen-bond donors (Lipinski definition) is 1. The second kappa shape index (κ2) is 7.05. The van der Waals surface area contributed by atoms with Crippen molar-refractivity contribution in [3.8, 4) is 0 Å². The van der Waals surface area contributed by atoms with Gasteiger partial charge < -0.3 is 15.0 Å². The summed E-state index contributed by atoms with van der Waals surface area (Å²) in [6.45, 7) is 3.77. The second-order valence-electron chi connectivity index (χ2n) is 6.04. The number of hydrogen-bond acceptors (Lipinski definition) is 3. The molecule has 3 rings (SSSR count). The Kier molecular flexibility index (Phi) is 4.88. The van der Waals surface area contributed by atoms with Gasteiger partial charge in [-0.3, -0.25) is 4.79 Å². The smallest absolute Gasteiger partial charge is 0.242 e. The molecule has 2 saturated heterocycles. The molecule has 1 atom stereocenters. The maximum Gasteiger partial charge on any atom is 0.242 e. The molecular weight excluding hydrogens is 264 g/mol. The number of piperidine rings is 1. The van der Waals surface area contributed by atoms with E-state index in [2.05, 4.69) is 35.6 Å². The van der Waals surface area contributed by atoms with Crippen LogP contribution in [0.15, 0.2) is 30.3 Å². The van der Waals surface area contributed by atoms with Crippen molar-refractivity contribution in [1.29, 1.82) is 0 Å². The van der Waals surface area contributed by atoms with Crippen molar-refractivity contribution in [1.82, 2.24) is 10.2 Å². The van der Waals surface area contributed by atoms with Crippen LogP contribution >= 0.6 is 0 Å². The van der Waals surface area contributed by atoms with Crippen LogP contribution in [0.5, 0.6) is 0 Å². The van der Waals surface area contributed by atoms with Crippen molar-refractivity contribution in [2.45, 2.75) is 25.3 Å². The first-order chi connectivity index (χ1) is 10.3. The molecule has 1 amide bonds. The monoisotopic (exact) mass is 288 g/mol. The molecule has 1 unspecified atom stereocenters. The molecule has 2 aliphatic rings. The van der Waals surface area contributed by atoms with Crippen molar-refractivity contribution in [2.24, 2.45) is 5.92 Å². The number of carbonyl (C=O) groups is 1. The molecule has 2 heterocycles. The van der Waals surface area contributed by atoms with Crippen LogP contribution in [0, 0.1) is 5.92 Å². The minimum absolute atomic E-state index is 0.135. The molecule has 0 aliphatic carbocycles. The molecule has 0 aromatic heterocycles. The molecule has 2 fully saturated rings. The predicted octanol–water partition coefficient (Wildman–Crippen LogP) is 1.46. The Morgan fingerprint density at radius 1 is 1.24 bits per heavy atom. The fourth-order valence-electron chi connectivity index (χ4n) is 3.25. The van der Waals surface area contributed by atoms with Crippen LogP contribution in [-0.4, -0.2) is 49.7 Å². The maximum atomic E-state index is 12.4. The molecular formula is C17H24N2O2. The molecule has 1 aromatic rings. The number of nitrogens with one attached hydrogen (secondary N) is 1. The number of morpholine rings is 1. The highest BCUT2D eigenvalue weighted by Gasteiger charge is 2.29. The molecule has 4 heteroatoms. The van der Waals surface area contributed by atoms with Crippen LogP contribution in [0.1, 0.15) is 18.4 Å². The fraction of sp³-hybridized carbons (Fsp3) is 0.588. The van der Waals surface area contributed by atoms with Crippen LogP contribution in [0.25, 0.3) is 0 Å². The average Bonchev–Trinajstić information content (AvgIpc) is 2.57. The molecule has 2 aliphatic heterocycles. The Labute approximate surface area is 126 Å². The first kappa shape index (κ1) is 14.5. The van der Waals surface area contributed by atoms with Crippen molar-refractivity contribution >= 4 is 5.91 Å².